The van der Waals surface area contributed by atoms with Crippen LogP contribution in [0.5, 0.6) is 0 Å². The molecule has 2 aromatic carbocycles. The van der Waals surface area contributed by atoms with Gasteiger partial charge in [0, 0.05) is 31.0 Å². The Balaban J connectivity index is 1.63. The van der Waals surface area contributed by atoms with Gasteiger partial charge in [-0.1, -0.05) is 35.1 Å². The van der Waals surface area contributed by atoms with Crippen LogP contribution in [0.15, 0.2) is 61.2 Å². The predicted molar refractivity (Wildman–Crippen MR) is 114 cm³/mol. The molecule has 4 rings (SSSR count). The second kappa shape index (κ2) is 7.94. The molecule has 0 bridgehead atoms. The molecule has 0 saturated heterocycles. The van der Waals surface area contributed by atoms with Crippen molar-refractivity contribution in [3.8, 4) is 0 Å². The zero-order valence-electron chi connectivity index (χ0n) is 16.0. The summed E-state index contributed by atoms with van der Waals surface area (Å²) in [6.45, 7) is 5.48. The lowest BCUT2D eigenvalue weighted by molar-refractivity contribution is 0.0986. The fourth-order valence-electron chi connectivity index (χ4n) is 3.18. The molecule has 5 nitrogen and oxygen atoms in total. The van der Waals surface area contributed by atoms with Gasteiger partial charge in [-0.05, 0) is 50.1 Å². The molecule has 0 unspecified atom stereocenters. The van der Waals surface area contributed by atoms with Gasteiger partial charge in [-0.2, -0.15) is 0 Å². The van der Waals surface area contributed by atoms with Crippen molar-refractivity contribution in [2.45, 2.75) is 26.8 Å². The van der Waals surface area contributed by atoms with Crippen LogP contribution in [-0.2, 0) is 6.54 Å². The number of imidazole rings is 1. The van der Waals surface area contributed by atoms with Crippen LogP contribution in [-0.4, -0.2) is 27.0 Å². The largest absolute Gasteiger partial charge is 0.337 e. The van der Waals surface area contributed by atoms with Crippen LogP contribution in [0.2, 0.25) is 0 Å². The summed E-state index contributed by atoms with van der Waals surface area (Å²) < 4.78 is 3.13. The van der Waals surface area contributed by atoms with E-state index in [9.17, 15) is 4.79 Å². The first-order valence-electron chi connectivity index (χ1n) is 9.31. The lowest BCUT2D eigenvalue weighted by Gasteiger charge is -2.20. The number of benzene rings is 2. The number of hydrogen-bond donors (Lipinski definition) is 0. The fraction of sp³-hybridized carbons (Fsp3) is 0.227. The Morgan fingerprint density at radius 1 is 1.14 bits per heavy atom. The van der Waals surface area contributed by atoms with E-state index < -0.39 is 0 Å². The van der Waals surface area contributed by atoms with Crippen molar-refractivity contribution < 1.29 is 4.79 Å². The number of anilines is 1. The fourth-order valence-corrected chi connectivity index (χ4v) is 4.27. The van der Waals surface area contributed by atoms with Crippen LogP contribution in [0.1, 0.15) is 27.9 Å². The molecule has 0 atom stereocenters. The molecular weight excluding hydrogens is 368 g/mol. The maximum atomic E-state index is 13.3. The third kappa shape index (κ3) is 3.97. The minimum Gasteiger partial charge on any atom is -0.337 e. The number of carbonyl (C=O) groups excluding carboxylic acids is 1. The SMILES string of the molecule is Cc1cccc(C(=O)N(CCCn2ccnc2)c2nc3ccc(C)cc3s2)c1. The molecule has 28 heavy (non-hydrogen) atoms. The first-order valence-corrected chi connectivity index (χ1v) is 10.1. The van der Waals surface area contributed by atoms with E-state index in [1.807, 2.05) is 52.9 Å². The standard InChI is InChI=1S/C22H22N4OS/c1-16-5-3-6-18(13-16)21(27)26(11-4-10-25-12-9-23-15-25)22-24-19-8-7-17(2)14-20(19)28-22/h3,5-9,12-15H,4,10-11H2,1-2H3. The van der Waals surface area contributed by atoms with Crippen molar-refractivity contribution in [2.75, 3.05) is 11.4 Å². The molecule has 142 valence electrons. The van der Waals surface area contributed by atoms with E-state index in [1.54, 1.807) is 23.9 Å². The highest BCUT2D eigenvalue weighted by Crippen LogP contribution is 2.30. The van der Waals surface area contributed by atoms with Gasteiger partial charge >= 0.3 is 0 Å². The topological polar surface area (TPSA) is 51.0 Å². The Morgan fingerprint density at radius 3 is 2.79 bits per heavy atom. The maximum Gasteiger partial charge on any atom is 0.260 e. The molecule has 0 radical (unpaired) electrons. The van der Waals surface area contributed by atoms with Gasteiger partial charge in [-0.15, -0.1) is 0 Å². The third-order valence-electron chi connectivity index (χ3n) is 4.63. The molecule has 0 aliphatic heterocycles. The molecule has 1 amide bonds. The van der Waals surface area contributed by atoms with E-state index in [2.05, 4.69) is 24.0 Å². The molecule has 0 spiro atoms. The van der Waals surface area contributed by atoms with Gasteiger partial charge in [0.15, 0.2) is 5.13 Å². The van der Waals surface area contributed by atoms with E-state index >= 15 is 0 Å². The van der Waals surface area contributed by atoms with Crippen LogP contribution in [0.25, 0.3) is 10.2 Å². The average molecular weight is 391 g/mol. The summed E-state index contributed by atoms with van der Waals surface area (Å²) in [6.07, 6.45) is 6.33. The van der Waals surface area contributed by atoms with Crippen molar-refractivity contribution in [3.63, 3.8) is 0 Å². The minimum absolute atomic E-state index is 0.00916. The zero-order chi connectivity index (χ0) is 19.5. The van der Waals surface area contributed by atoms with Gasteiger partial charge in [-0.3, -0.25) is 9.69 Å². The molecule has 2 heterocycles. The first kappa shape index (κ1) is 18.4. The minimum atomic E-state index is -0.00916. The number of amides is 1. The van der Waals surface area contributed by atoms with Crippen LogP contribution >= 0.6 is 11.3 Å². The van der Waals surface area contributed by atoms with Gasteiger partial charge < -0.3 is 4.57 Å². The summed E-state index contributed by atoms with van der Waals surface area (Å²) in [5, 5.41) is 0.748. The Labute approximate surface area is 168 Å². The molecule has 2 aromatic heterocycles. The van der Waals surface area contributed by atoms with Crippen LogP contribution in [0.4, 0.5) is 5.13 Å². The van der Waals surface area contributed by atoms with Crippen molar-refractivity contribution in [1.29, 1.82) is 0 Å². The Morgan fingerprint density at radius 2 is 2.00 bits per heavy atom. The number of nitrogens with zero attached hydrogens (tertiary/aromatic N) is 4. The van der Waals surface area contributed by atoms with Gasteiger partial charge in [0.2, 0.25) is 0 Å². The molecule has 4 aromatic rings. The van der Waals surface area contributed by atoms with Crippen LogP contribution < -0.4 is 4.90 Å². The van der Waals surface area contributed by atoms with E-state index in [1.165, 1.54) is 5.56 Å². The van der Waals surface area contributed by atoms with Gasteiger partial charge in [0.05, 0.1) is 16.5 Å². The van der Waals surface area contributed by atoms with E-state index in [-0.39, 0.29) is 5.91 Å². The second-order valence-corrected chi connectivity index (χ2v) is 7.96. The lowest BCUT2D eigenvalue weighted by atomic mass is 10.1. The quantitative estimate of drug-likeness (QED) is 0.473. The van der Waals surface area contributed by atoms with Crippen molar-refractivity contribution in [2.24, 2.45) is 0 Å². The number of aryl methyl sites for hydroxylation is 3. The van der Waals surface area contributed by atoms with Crippen molar-refractivity contribution in [1.82, 2.24) is 14.5 Å². The molecule has 0 saturated carbocycles. The summed E-state index contributed by atoms with van der Waals surface area (Å²) >= 11 is 1.57. The lowest BCUT2D eigenvalue weighted by Crippen LogP contribution is -2.32. The molecule has 0 aliphatic rings. The Bertz CT molecular complexity index is 1100. The highest BCUT2D eigenvalue weighted by molar-refractivity contribution is 7.22. The van der Waals surface area contributed by atoms with Crippen LogP contribution in [0.3, 0.4) is 0 Å². The van der Waals surface area contributed by atoms with Gasteiger partial charge in [0.25, 0.3) is 5.91 Å². The van der Waals surface area contributed by atoms with Crippen LogP contribution in [0, 0.1) is 13.8 Å². The Hall–Kier alpha value is -2.99. The highest BCUT2D eigenvalue weighted by atomic mass is 32.1. The van der Waals surface area contributed by atoms with E-state index in [4.69, 9.17) is 4.98 Å². The summed E-state index contributed by atoms with van der Waals surface area (Å²) in [5.74, 6) is -0.00916. The smallest absolute Gasteiger partial charge is 0.260 e. The Kier molecular flexibility index (Phi) is 5.21. The first-order chi connectivity index (χ1) is 13.6. The average Bonchev–Trinajstić information content (AvgIpc) is 3.34. The molecule has 6 heteroatoms. The van der Waals surface area contributed by atoms with E-state index in [0.29, 0.717) is 12.1 Å². The zero-order valence-corrected chi connectivity index (χ0v) is 16.8. The summed E-state index contributed by atoms with van der Waals surface area (Å²) in [6, 6.07) is 13.9. The number of hydrogen-bond acceptors (Lipinski definition) is 4. The number of carbonyl (C=O) groups is 1. The van der Waals surface area contributed by atoms with Gasteiger partial charge in [0.1, 0.15) is 0 Å². The number of fused-ring (bicyclic) bond motifs is 1. The number of rotatable bonds is 6. The molecule has 0 fully saturated rings. The number of thiazole rings is 1. The third-order valence-corrected chi connectivity index (χ3v) is 5.67. The summed E-state index contributed by atoms with van der Waals surface area (Å²) in [5.41, 5.74) is 3.89. The summed E-state index contributed by atoms with van der Waals surface area (Å²) in [4.78, 5) is 23.9. The van der Waals surface area contributed by atoms with E-state index in [0.717, 1.165) is 33.9 Å². The molecule has 0 N–H and O–H groups in total. The molecule has 0 aliphatic carbocycles. The highest BCUT2D eigenvalue weighted by Gasteiger charge is 2.21. The van der Waals surface area contributed by atoms with Crippen molar-refractivity contribution >= 4 is 32.6 Å². The maximum absolute atomic E-state index is 13.3. The van der Waals surface area contributed by atoms with Crippen molar-refractivity contribution in [3.05, 3.63) is 77.9 Å². The number of aromatic nitrogens is 3. The monoisotopic (exact) mass is 390 g/mol. The van der Waals surface area contributed by atoms with Gasteiger partial charge in [-0.25, -0.2) is 9.97 Å². The second-order valence-electron chi connectivity index (χ2n) is 6.95. The summed E-state index contributed by atoms with van der Waals surface area (Å²) in [7, 11) is 0. The molecular formula is C22H22N4OS. The predicted octanol–water partition coefficient (Wildman–Crippen LogP) is 4.85. The normalized spacial score (nSPS) is 11.1.